The summed E-state index contributed by atoms with van der Waals surface area (Å²) in [5.41, 5.74) is 2.62. The van der Waals surface area contributed by atoms with Crippen molar-refractivity contribution in [2.75, 3.05) is 0 Å². The van der Waals surface area contributed by atoms with Gasteiger partial charge in [-0.05, 0) is 42.8 Å². The van der Waals surface area contributed by atoms with E-state index in [1.54, 1.807) is 18.2 Å². The summed E-state index contributed by atoms with van der Waals surface area (Å²) in [6, 6.07) is 12.8. The fourth-order valence-electron chi connectivity index (χ4n) is 2.08. The van der Waals surface area contributed by atoms with Gasteiger partial charge < -0.3 is 9.52 Å². The Balaban J connectivity index is 2.23. The van der Waals surface area contributed by atoms with Crippen molar-refractivity contribution in [3.8, 4) is 17.1 Å². The Morgan fingerprint density at radius 3 is 2.67 bits per heavy atom. The first-order valence-electron chi connectivity index (χ1n) is 5.63. The Morgan fingerprint density at radius 1 is 1.11 bits per heavy atom. The number of para-hydroxylation sites is 1. The van der Waals surface area contributed by atoms with E-state index in [1.165, 1.54) is 0 Å². The maximum absolute atomic E-state index is 9.42. The zero-order chi connectivity index (χ0) is 12.7. The van der Waals surface area contributed by atoms with Gasteiger partial charge in [0.05, 0.1) is 5.02 Å². The molecule has 0 aliphatic heterocycles. The Morgan fingerprint density at radius 2 is 1.94 bits per heavy atom. The van der Waals surface area contributed by atoms with E-state index >= 15 is 0 Å². The van der Waals surface area contributed by atoms with E-state index < -0.39 is 0 Å². The van der Waals surface area contributed by atoms with Crippen molar-refractivity contribution < 1.29 is 9.52 Å². The third-order valence-corrected chi connectivity index (χ3v) is 3.27. The highest BCUT2D eigenvalue weighted by molar-refractivity contribution is 6.34. The van der Waals surface area contributed by atoms with Crippen molar-refractivity contribution in [2.45, 2.75) is 6.92 Å². The van der Waals surface area contributed by atoms with Gasteiger partial charge in [0.2, 0.25) is 0 Å². The minimum atomic E-state index is 0.255. The first-order chi connectivity index (χ1) is 8.65. The lowest BCUT2D eigenvalue weighted by Crippen LogP contribution is -1.79. The van der Waals surface area contributed by atoms with Gasteiger partial charge in [-0.2, -0.15) is 0 Å². The van der Waals surface area contributed by atoms with E-state index in [9.17, 15) is 5.11 Å². The molecule has 3 aromatic rings. The summed E-state index contributed by atoms with van der Waals surface area (Å²) in [5, 5.41) is 11.0. The van der Waals surface area contributed by atoms with Gasteiger partial charge in [-0.15, -0.1) is 0 Å². The van der Waals surface area contributed by atoms with E-state index in [2.05, 4.69) is 0 Å². The van der Waals surface area contributed by atoms with Crippen LogP contribution in [0.15, 0.2) is 46.9 Å². The van der Waals surface area contributed by atoms with Gasteiger partial charge in [0.25, 0.3) is 0 Å². The molecule has 1 aromatic heterocycles. The van der Waals surface area contributed by atoms with Crippen LogP contribution in [0.4, 0.5) is 0 Å². The second kappa shape index (κ2) is 4.07. The molecule has 3 rings (SSSR count). The first-order valence-corrected chi connectivity index (χ1v) is 6.01. The topological polar surface area (TPSA) is 33.4 Å². The summed E-state index contributed by atoms with van der Waals surface area (Å²) in [7, 11) is 0. The summed E-state index contributed by atoms with van der Waals surface area (Å²) in [6.07, 6.45) is 0. The molecule has 18 heavy (non-hydrogen) atoms. The number of fused-ring (bicyclic) bond motifs is 1. The first kappa shape index (κ1) is 11.2. The fourth-order valence-corrected chi connectivity index (χ4v) is 2.30. The van der Waals surface area contributed by atoms with Crippen molar-refractivity contribution >= 4 is 22.6 Å². The second-order valence-corrected chi connectivity index (χ2v) is 4.68. The number of aryl methyl sites for hydroxylation is 1. The Hall–Kier alpha value is -1.93. The number of benzene rings is 2. The molecule has 0 saturated carbocycles. The fraction of sp³-hybridized carbons (Fsp3) is 0.0667. The molecule has 0 amide bonds. The molecule has 0 aliphatic carbocycles. The van der Waals surface area contributed by atoms with Crippen molar-refractivity contribution in [3.05, 3.63) is 53.1 Å². The Kier molecular flexibility index (Phi) is 2.53. The quantitative estimate of drug-likeness (QED) is 0.682. The minimum absolute atomic E-state index is 0.255. The molecule has 0 atom stereocenters. The van der Waals surface area contributed by atoms with Crippen LogP contribution in [0.2, 0.25) is 5.02 Å². The smallest absolute Gasteiger partial charge is 0.153 e. The summed E-state index contributed by atoms with van der Waals surface area (Å²) in [6.45, 7) is 1.93. The van der Waals surface area contributed by atoms with E-state index in [4.69, 9.17) is 16.0 Å². The lowest BCUT2D eigenvalue weighted by Gasteiger charge is -2.02. The molecule has 0 unspecified atom stereocenters. The third kappa shape index (κ3) is 1.75. The molecule has 3 heteroatoms. The van der Waals surface area contributed by atoms with E-state index in [0.717, 1.165) is 22.3 Å². The molecule has 2 nitrogen and oxygen atoms in total. The standard InChI is InChI=1S/C15H11ClO2/c1-9-7-11(17)5-6-12(9)14-8-10-3-2-4-13(16)15(10)18-14/h2-8,17H,1H3. The number of phenols is 1. The van der Waals surface area contributed by atoms with E-state index in [1.807, 2.05) is 31.2 Å². The highest BCUT2D eigenvalue weighted by Crippen LogP contribution is 2.34. The zero-order valence-electron chi connectivity index (χ0n) is 9.77. The largest absolute Gasteiger partial charge is 0.508 e. The molecule has 1 heterocycles. The molecule has 90 valence electrons. The maximum atomic E-state index is 9.42. The highest BCUT2D eigenvalue weighted by atomic mass is 35.5. The number of halogens is 1. The van der Waals surface area contributed by atoms with Crippen LogP contribution < -0.4 is 0 Å². The molecular formula is C15H11ClO2. The average Bonchev–Trinajstić information content (AvgIpc) is 2.74. The summed E-state index contributed by atoms with van der Waals surface area (Å²) in [4.78, 5) is 0. The van der Waals surface area contributed by atoms with E-state index in [-0.39, 0.29) is 5.75 Å². The number of hydrogen-bond donors (Lipinski definition) is 1. The van der Waals surface area contributed by atoms with Crippen molar-refractivity contribution in [2.24, 2.45) is 0 Å². The normalized spacial score (nSPS) is 11.0. The molecule has 0 bridgehead atoms. The van der Waals surface area contributed by atoms with Gasteiger partial charge >= 0.3 is 0 Å². The SMILES string of the molecule is Cc1cc(O)ccc1-c1cc2cccc(Cl)c2o1. The Bertz CT molecular complexity index is 728. The summed E-state index contributed by atoms with van der Waals surface area (Å²) < 4.78 is 5.79. The molecule has 0 spiro atoms. The lowest BCUT2D eigenvalue weighted by atomic mass is 10.1. The van der Waals surface area contributed by atoms with Crippen LogP contribution in [0.25, 0.3) is 22.3 Å². The monoisotopic (exact) mass is 258 g/mol. The number of rotatable bonds is 1. The van der Waals surface area contributed by atoms with Crippen LogP contribution in [-0.2, 0) is 0 Å². The van der Waals surface area contributed by atoms with Gasteiger partial charge in [-0.1, -0.05) is 23.7 Å². The average molecular weight is 259 g/mol. The van der Waals surface area contributed by atoms with Gasteiger partial charge in [0.15, 0.2) is 5.58 Å². The van der Waals surface area contributed by atoms with Gasteiger partial charge in [-0.3, -0.25) is 0 Å². The molecule has 0 saturated heterocycles. The van der Waals surface area contributed by atoms with E-state index in [0.29, 0.717) is 10.6 Å². The molecule has 0 fully saturated rings. The van der Waals surface area contributed by atoms with Crippen LogP contribution in [0.3, 0.4) is 0 Å². The minimum Gasteiger partial charge on any atom is -0.508 e. The van der Waals surface area contributed by atoms with Gasteiger partial charge in [-0.25, -0.2) is 0 Å². The predicted octanol–water partition coefficient (Wildman–Crippen LogP) is 4.77. The van der Waals surface area contributed by atoms with Crippen LogP contribution in [0.1, 0.15) is 5.56 Å². The number of furan rings is 1. The molecule has 1 N–H and O–H groups in total. The summed E-state index contributed by atoms with van der Waals surface area (Å²) >= 11 is 6.09. The second-order valence-electron chi connectivity index (χ2n) is 4.27. The maximum Gasteiger partial charge on any atom is 0.153 e. The number of phenolic OH excluding ortho intramolecular Hbond substituents is 1. The van der Waals surface area contributed by atoms with Crippen molar-refractivity contribution in [3.63, 3.8) is 0 Å². The highest BCUT2D eigenvalue weighted by Gasteiger charge is 2.10. The van der Waals surface area contributed by atoms with Gasteiger partial charge in [0, 0.05) is 10.9 Å². The number of hydrogen-bond acceptors (Lipinski definition) is 2. The molecule has 0 aliphatic rings. The predicted molar refractivity (Wildman–Crippen MR) is 73.1 cm³/mol. The van der Waals surface area contributed by atoms with Crippen LogP contribution >= 0.6 is 11.6 Å². The molecule has 0 radical (unpaired) electrons. The van der Waals surface area contributed by atoms with Crippen LogP contribution in [0, 0.1) is 6.92 Å². The van der Waals surface area contributed by atoms with Crippen molar-refractivity contribution in [1.82, 2.24) is 0 Å². The molecular weight excluding hydrogens is 248 g/mol. The van der Waals surface area contributed by atoms with Crippen molar-refractivity contribution in [1.29, 1.82) is 0 Å². The number of aromatic hydroxyl groups is 1. The van der Waals surface area contributed by atoms with Crippen LogP contribution in [0.5, 0.6) is 5.75 Å². The van der Waals surface area contributed by atoms with Gasteiger partial charge in [0.1, 0.15) is 11.5 Å². The summed E-state index contributed by atoms with van der Waals surface area (Å²) in [5.74, 6) is 1.01. The molecule has 2 aromatic carbocycles. The zero-order valence-corrected chi connectivity index (χ0v) is 10.5. The lowest BCUT2D eigenvalue weighted by molar-refractivity contribution is 0.475. The third-order valence-electron chi connectivity index (χ3n) is 2.97. The Labute approximate surface area is 109 Å². The van der Waals surface area contributed by atoms with Crippen LogP contribution in [-0.4, -0.2) is 5.11 Å².